The van der Waals surface area contributed by atoms with Crippen molar-refractivity contribution in [2.24, 2.45) is 0 Å². The van der Waals surface area contributed by atoms with Crippen LogP contribution in [0.4, 0.5) is 5.82 Å². The molecule has 5 atom stereocenters. The van der Waals surface area contributed by atoms with E-state index in [4.69, 9.17) is 5.11 Å². The molecule has 100 valence electrons. The van der Waals surface area contributed by atoms with Crippen molar-refractivity contribution in [1.29, 1.82) is 0 Å². The zero-order chi connectivity index (χ0) is 13.3. The number of rotatable bonds is 3. The van der Waals surface area contributed by atoms with E-state index in [0.29, 0.717) is 5.82 Å². The third-order valence-corrected chi connectivity index (χ3v) is 4.63. The van der Waals surface area contributed by atoms with Crippen molar-refractivity contribution in [2.45, 2.75) is 22.8 Å². The zero-order valence-corrected chi connectivity index (χ0v) is 11.3. The van der Waals surface area contributed by atoms with Gasteiger partial charge in [-0.25, -0.2) is 4.79 Å². The van der Waals surface area contributed by atoms with Gasteiger partial charge in [-0.15, -0.1) is 11.8 Å². The predicted octanol–water partition coefficient (Wildman–Crippen LogP) is -1.23. The fraction of sp³-hybridized carbons (Fsp3) is 0.556. The maximum atomic E-state index is 11.8. The number of anilines is 1. The first kappa shape index (κ1) is 13.8. The van der Waals surface area contributed by atoms with E-state index in [-0.39, 0.29) is 6.61 Å². The molecule has 0 aliphatic carbocycles. The molecule has 1 aliphatic heterocycles. The van der Waals surface area contributed by atoms with Gasteiger partial charge < -0.3 is 20.4 Å². The lowest BCUT2D eigenvalue weighted by molar-refractivity contribution is 0.0101. The van der Waals surface area contributed by atoms with Crippen LogP contribution in [0.3, 0.4) is 0 Å². The van der Waals surface area contributed by atoms with E-state index in [0.717, 1.165) is 11.8 Å². The first-order chi connectivity index (χ1) is 8.58. The Morgan fingerprint density at radius 3 is 2.72 bits per heavy atom. The highest BCUT2D eigenvalue weighted by molar-refractivity contribution is 8.00. The van der Waals surface area contributed by atoms with Crippen LogP contribution >= 0.6 is 21.2 Å². The Morgan fingerprint density at radius 1 is 1.50 bits per heavy atom. The molecule has 4 N–H and O–H groups in total. The molecular formula is C9H14N3O4PS. The molecule has 0 aromatic carbocycles. The molecule has 9 heteroatoms. The average Bonchev–Trinajstić information content (AvgIpc) is 2.66. The summed E-state index contributed by atoms with van der Waals surface area (Å²) in [4.78, 5) is 15.5. The van der Waals surface area contributed by atoms with E-state index in [1.54, 1.807) is 6.07 Å². The summed E-state index contributed by atoms with van der Waals surface area (Å²) in [6.07, 6.45) is -0.673. The molecule has 1 fully saturated rings. The Hall–Kier alpha value is -0.660. The van der Waals surface area contributed by atoms with Crippen molar-refractivity contribution < 1.29 is 15.3 Å². The van der Waals surface area contributed by atoms with Crippen LogP contribution < -0.4 is 10.8 Å². The largest absolute Gasteiger partial charge is 0.395 e. The standard InChI is InChI=1S/C9H14N3O4PS/c13-3-4-6(14)7(15)8(18-4)12-2-1-5(11-17)10-9(12)16/h1-2,4,6-8,13-15H,3,17H2,(H,10,11,16)/t4-,6-,7+,8-/m1/s1. The van der Waals surface area contributed by atoms with Crippen molar-refractivity contribution in [1.82, 2.24) is 9.55 Å². The summed E-state index contributed by atoms with van der Waals surface area (Å²) in [6.45, 7) is -0.257. The van der Waals surface area contributed by atoms with Gasteiger partial charge in [-0.1, -0.05) is 0 Å². The highest BCUT2D eigenvalue weighted by atomic mass is 32.2. The Kier molecular flexibility index (Phi) is 4.24. The van der Waals surface area contributed by atoms with Gasteiger partial charge in [0.1, 0.15) is 17.3 Å². The minimum absolute atomic E-state index is 0.257. The third kappa shape index (κ3) is 2.39. The molecule has 2 heterocycles. The Balaban J connectivity index is 2.30. The smallest absolute Gasteiger partial charge is 0.350 e. The van der Waals surface area contributed by atoms with Crippen molar-refractivity contribution in [3.05, 3.63) is 22.7 Å². The second-order valence-corrected chi connectivity index (χ2v) is 5.53. The van der Waals surface area contributed by atoms with Gasteiger partial charge in [0.25, 0.3) is 0 Å². The van der Waals surface area contributed by atoms with Crippen LogP contribution in [0.5, 0.6) is 0 Å². The molecule has 2 rings (SSSR count). The number of nitrogens with zero attached hydrogens (tertiary/aromatic N) is 2. The van der Waals surface area contributed by atoms with Crippen LogP contribution in [0.25, 0.3) is 0 Å². The summed E-state index contributed by atoms with van der Waals surface area (Å²) in [5, 5.41) is 30.1. The first-order valence-electron chi connectivity index (χ1n) is 5.26. The van der Waals surface area contributed by atoms with E-state index in [1.165, 1.54) is 10.8 Å². The molecule has 1 unspecified atom stereocenters. The van der Waals surface area contributed by atoms with Crippen LogP contribution in [0.2, 0.25) is 0 Å². The van der Waals surface area contributed by atoms with Crippen LogP contribution in [0.1, 0.15) is 5.37 Å². The lowest BCUT2D eigenvalue weighted by Gasteiger charge is -2.17. The van der Waals surface area contributed by atoms with Gasteiger partial charge in [0, 0.05) is 6.20 Å². The minimum Gasteiger partial charge on any atom is -0.395 e. The summed E-state index contributed by atoms with van der Waals surface area (Å²) in [5.74, 6) is 0.401. The SMILES string of the molecule is O=c1nc(NP)ccn1[C@@H]1S[C@H](CO)[C@@H](O)[C@@H]1O. The fourth-order valence-electron chi connectivity index (χ4n) is 1.80. The van der Waals surface area contributed by atoms with E-state index >= 15 is 0 Å². The quantitative estimate of drug-likeness (QED) is 0.517. The fourth-order valence-corrected chi connectivity index (χ4v) is 3.34. The van der Waals surface area contributed by atoms with Crippen LogP contribution in [0.15, 0.2) is 17.1 Å². The first-order valence-corrected chi connectivity index (χ1v) is 6.78. The monoisotopic (exact) mass is 291 g/mol. The average molecular weight is 291 g/mol. The molecule has 18 heavy (non-hydrogen) atoms. The van der Waals surface area contributed by atoms with Gasteiger partial charge in [0.15, 0.2) is 0 Å². The molecule has 0 spiro atoms. The Bertz CT molecular complexity index is 485. The lowest BCUT2D eigenvalue weighted by Crippen LogP contribution is -2.35. The number of hydrogen-bond donors (Lipinski definition) is 4. The minimum atomic E-state index is -1.11. The van der Waals surface area contributed by atoms with Gasteiger partial charge in [0.2, 0.25) is 0 Å². The second-order valence-electron chi connectivity index (χ2n) is 3.88. The molecule has 7 nitrogen and oxygen atoms in total. The highest BCUT2D eigenvalue weighted by Gasteiger charge is 2.43. The molecule has 0 saturated carbocycles. The van der Waals surface area contributed by atoms with Crippen molar-refractivity contribution >= 4 is 27.0 Å². The summed E-state index contributed by atoms with van der Waals surface area (Å²) in [6, 6.07) is 1.58. The molecule has 0 amide bonds. The van der Waals surface area contributed by atoms with Crippen LogP contribution in [-0.2, 0) is 0 Å². The molecule has 0 bridgehead atoms. The molecule has 1 aliphatic rings. The van der Waals surface area contributed by atoms with Gasteiger partial charge in [-0.3, -0.25) is 4.57 Å². The molecule has 1 saturated heterocycles. The maximum absolute atomic E-state index is 11.8. The van der Waals surface area contributed by atoms with Gasteiger partial charge >= 0.3 is 5.69 Å². The highest BCUT2D eigenvalue weighted by Crippen LogP contribution is 2.40. The zero-order valence-electron chi connectivity index (χ0n) is 9.30. The van der Waals surface area contributed by atoms with Crippen LogP contribution in [0, 0.1) is 0 Å². The summed E-state index contributed by atoms with van der Waals surface area (Å²) < 4.78 is 1.25. The Morgan fingerprint density at radius 2 is 2.22 bits per heavy atom. The van der Waals surface area contributed by atoms with Crippen molar-refractivity contribution in [2.75, 3.05) is 11.7 Å². The normalized spacial score (nSPS) is 31.6. The summed E-state index contributed by atoms with van der Waals surface area (Å²) in [7, 11) is 2.23. The topological polar surface area (TPSA) is 108 Å². The van der Waals surface area contributed by atoms with Crippen molar-refractivity contribution in [3.8, 4) is 0 Å². The van der Waals surface area contributed by atoms with E-state index in [1.807, 2.05) is 0 Å². The summed E-state index contributed by atoms with van der Waals surface area (Å²) in [5.41, 5.74) is -0.523. The van der Waals surface area contributed by atoms with E-state index in [9.17, 15) is 15.0 Å². The number of aliphatic hydroxyl groups excluding tert-OH is 3. The number of hydrogen-bond acceptors (Lipinski definition) is 7. The molecular weight excluding hydrogens is 277 g/mol. The van der Waals surface area contributed by atoms with E-state index < -0.39 is 28.5 Å². The van der Waals surface area contributed by atoms with Crippen molar-refractivity contribution in [3.63, 3.8) is 0 Å². The third-order valence-electron chi connectivity index (χ3n) is 2.77. The Labute approximate surface area is 110 Å². The summed E-state index contributed by atoms with van der Waals surface area (Å²) >= 11 is 1.15. The number of nitrogens with one attached hydrogen (secondary N) is 1. The number of thioether (sulfide) groups is 1. The van der Waals surface area contributed by atoms with Gasteiger partial charge in [0.05, 0.1) is 18.0 Å². The second kappa shape index (κ2) is 5.54. The molecule has 0 radical (unpaired) electrons. The van der Waals surface area contributed by atoms with Gasteiger partial charge in [-0.05, 0) is 15.5 Å². The maximum Gasteiger partial charge on any atom is 0.350 e. The van der Waals surface area contributed by atoms with Gasteiger partial charge in [-0.2, -0.15) is 4.98 Å². The number of aromatic nitrogens is 2. The predicted molar refractivity (Wildman–Crippen MR) is 71.3 cm³/mol. The number of aliphatic hydroxyl groups is 3. The van der Waals surface area contributed by atoms with E-state index in [2.05, 4.69) is 19.5 Å². The molecule has 1 aromatic heterocycles. The molecule has 1 aromatic rings. The lowest BCUT2D eigenvalue weighted by atomic mass is 10.1. The van der Waals surface area contributed by atoms with Crippen LogP contribution in [-0.4, -0.2) is 48.9 Å².